The number of benzene rings is 3. The predicted molar refractivity (Wildman–Crippen MR) is 146 cm³/mol. The SMILES string of the molecule is CN(C)c1ccccc1CN1CCCN(Cc2ccccc2N(C)C)C1c1cc(Br)ccc1O. The molecule has 0 spiro atoms. The molecule has 3 aromatic carbocycles. The van der Waals surface area contributed by atoms with Crippen molar-refractivity contribution in [2.45, 2.75) is 25.7 Å². The van der Waals surface area contributed by atoms with E-state index in [1.54, 1.807) is 6.07 Å². The summed E-state index contributed by atoms with van der Waals surface area (Å²) < 4.78 is 0.980. The number of hydrogen-bond donors (Lipinski definition) is 1. The summed E-state index contributed by atoms with van der Waals surface area (Å²) in [6.45, 7) is 3.59. The zero-order valence-corrected chi connectivity index (χ0v) is 22.2. The largest absolute Gasteiger partial charge is 0.508 e. The Morgan fingerprint density at radius 1 is 0.794 bits per heavy atom. The topological polar surface area (TPSA) is 33.2 Å². The van der Waals surface area contributed by atoms with Gasteiger partial charge in [0.15, 0.2) is 0 Å². The molecule has 0 saturated carbocycles. The lowest BCUT2D eigenvalue weighted by atomic mass is 10.0. The van der Waals surface area contributed by atoms with Crippen LogP contribution < -0.4 is 9.80 Å². The molecule has 3 aromatic rings. The first-order valence-electron chi connectivity index (χ1n) is 11.8. The van der Waals surface area contributed by atoms with Crippen LogP contribution in [0.25, 0.3) is 0 Å². The number of phenols is 1. The van der Waals surface area contributed by atoms with Crippen LogP contribution in [0, 0.1) is 0 Å². The second-order valence-corrected chi connectivity index (χ2v) is 10.3. The lowest BCUT2D eigenvalue weighted by molar-refractivity contribution is -0.0102. The van der Waals surface area contributed by atoms with E-state index in [-0.39, 0.29) is 6.17 Å². The van der Waals surface area contributed by atoms with Gasteiger partial charge in [0.05, 0.1) is 6.17 Å². The fourth-order valence-corrected chi connectivity index (χ4v) is 5.39. The summed E-state index contributed by atoms with van der Waals surface area (Å²) in [5.74, 6) is 0.340. The summed E-state index contributed by atoms with van der Waals surface area (Å²) >= 11 is 3.64. The molecule has 0 atom stereocenters. The van der Waals surface area contributed by atoms with E-state index in [1.165, 1.54) is 22.5 Å². The van der Waals surface area contributed by atoms with Gasteiger partial charge in [0.2, 0.25) is 0 Å². The molecule has 0 unspecified atom stereocenters. The quantitative estimate of drug-likeness (QED) is 0.430. The minimum Gasteiger partial charge on any atom is -0.508 e. The highest BCUT2D eigenvalue weighted by Crippen LogP contribution is 2.39. The van der Waals surface area contributed by atoms with Gasteiger partial charge < -0.3 is 14.9 Å². The number of rotatable bonds is 7. The lowest BCUT2D eigenvalue weighted by Gasteiger charge is -2.45. The zero-order valence-electron chi connectivity index (χ0n) is 20.6. The molecule has 34 heavy (non-hydrogen) atoms. The minimum atomic E-state index is -0.0308. The molecule has 1 heterocycles. The number of para-hydroxylation sites is 2. The van der Waals surface area contributed by atoms with Crippen LogP contribution in [0.15, 0.2) is 71.2 Å². The lowest BCUT2D eigenvalue weighted by Crippen LogP contribution is -2.47. The van der Waals surface area contributed by atoms with Gasteiger partial charge >= 0.3 is 0 Å². The van der Waals surface area contributed by atoms with Crippen LogP contribution >= 0.6 is 15.9 Å². The van der Waals surface area contributed by atoms with Crippen molar-refractivity contribution >= 4 is 27.3 Å². The van der Waals surface area contributed by atoms with E-state index in [1.807, 2.05) is 6.07 Å². The molecular formula is C28H35BrN4O. The van der Waals surface area contributed by atoms with Crippen LogP contribution in [0.5, 0.6) is 5.75 Å². The second-order valence-electron chi connectivity index (χ2n) is 9.42. The van der Waals surface area contributed by atoms with Gasteiger partial charge in [0.25, 0.3) is 0 Å². The van der Waals surface area contributed by atoms with Crippen molar-refractivity contribution in [1.29, 1.82) is 0 Å². The molecule has 0 bridgehead atoms. The zero-order chi connectivity index (χ0) is 24.2. The van der Waals surface area contributed by atoms with Gasteiger partial charge in [-0.1, -0.05) is 52.3 Å². The molecule has 0 aliphatic carbocycles. The average molecular weight is 524 g/mol. The van der Waals surface area contributed by atoms with E-state index >= 15 is 0 Å². The van der Waals surface area contributed by atoms with Gasteiger partial charge in [-0.15, -0.1) is 0 Å². The third-order valence-electron chi connectivity index (χ3n) is 6.54. The summed E-state index contributed by atoms with van der Waals surface area (Å²) in [6, 6.07) is 23.0. The number of phenolic OH excluding ortho intramolecular Hbond substituents is 1. The Morgan fingerprint density at radius 2 is 1.29 bits per heavy atom. The minimum absolute atomic E-state index is 0.0308. The molecule has 1 aliphatic heterocycles. The Morgan fingerprint density at radius 3 is 1.79 bits per heavy atom. The van der Waals surface area contributed by atoms with E-state index in [0.29, 0.717) is 5.75 Å². The fraction of sp³-hybridized carbons (Fsp3) is 0.357. The maximum Gasteiger partial charge on any atom is 0.121 e. The van der Waals surface area contributed by atoms with Crippen LogP contribution in [0.4, 0.5) is 11.4 Å². The van der Waals surface area contributed by atoms with Crippen molar-refractivity contribution < 1.29 is 5.11 Å². The van der Waals surface area contributed by atoms with Crippen LogP contribution in [-0.4, -0.2) is 56.2 Å². The first-order valence-corrected chi connectivity index (χ1v) is 12.6. The molecule has 0 radical (unpaired) electrons. The predicted octanol–water partition coefficient (Wildman–Crippen LogP) is 5.69. The Kier molecular flexibility index (Phi) is 7.81. The number of hydrogen-bond acceptors (Lipinski definition) is 5. The number of halogens is 1. The Labute approximate surface area is 212 Å². The van der Waals surface area contributed by atoms with Crippen LogP contribution in [0.1, 0.15) is 29.3 Å². The molecule has 0 aromatic heterocycles. The van der Waals surface area contributed by atoms with Crippen LogP contribution in [0.3, 0.4) is 0 Å². The highest BCUT2D eigenvalue weighted by atomic mass is 79.9. The van der Waals surface area contributed by atoms with E-state index in [0.717, 1.165) is 42.6 Å². The van der Waals surface area contributed by atoms with E-state index < -0.39 is 0 Å². The van der Waals surface area contributed by atoms with Crippen molar-refractivity contribution in [3.8, 4) is 5.75 Å². The molecule has 6 heteroatoms. The fourth-order valence-electron chi connectivity index (χ4n) is 5.01. The summed E-state index contributed by atoms with van der Waals surface area (Å²) in [6.07, 6.45) is 1.05. The monoisotopic (exact) mass is 522 g/mol. The first kappa shape index (κ1) is 24.6. The number of anilines is 2. The van der Waals surface area contributed by atoms with Gasteiger partial charge in [-0.2, -0.15) is 0 Å². The molecule has 1 N–H and O–H groups in total. The number of aromatic hydroxyl groups is 1. The maximum atomic E-state index is 10.9. The molecule has 0 amide bonds. The van der Waals surface area contributed by atoms with Crippen molar-refractivity contribution in [3.63, 3.8) is 0 Å². The van der Waals surface area contributed by atoms with Gasteiger partial charge in [-0.05, 0) is 47.9 Å². The Hall–Kier alpha value is -2.54. The molecule has 180 valence electrons. The summed E-state index contributed by atoms with van der Waals surface area (Å²) in [4.78, 5) is 9.36. The Balaban J connectivity index is 1.74. The molecule has 1 saturated heterocycles. The number of nitrogens with zero attached hydrogens (tertiary/aromatic N) is 4. The highest BCUT2D eigenvalue weighted by Gasteiger charge is 2.33. The smallest absolute Gasteiger partial charge is 0.121 e. The van der Waals surface area contributed by atoms with Crippen molar-refractivity contribution in [2.24, 2.45) is 0 Å². The Bertz CT molecular complexity index is 1060. The third-order valence-corrected chi connectivity index (χ3v) is 7.04. The first-order chi connectivity index (χ1) is 16.3. The van der Waals surface area contributed by atoms with Gasteiger partial charge in [-0.25, -0.2) is 0 Å². The van der Waals surface area contributed by atoms with Crippen molar-refractivity contribution in [2.75, 3.05) is 51.1 Å². The van der Waals surface area contributed by atoms with E-state index in [9.17, 15) is 5.11 Å². The normalized spacial score (nSPS) is 15.4. The molecule has 5 nitrogen and oxygen atoms in total. The van der Waals surface area contributed by atoms with Gasteiger partial charge in [0.1, 0.15) is 5.75 Å². The highest BCUT2D eigenvalue weighted by molar-refractivity contribution is 9.10. The molecular weight excluding hydrogens is 488 g/mol. The summed E-state index contributed by atoms with van der Waals surface area (Å²) in [7, 11) is 8.38. The summed E-state index contributed by atoms with van der Waals surface area (Å²) in [5, 5.41) is 10.9. The van der Waals surface area contributed by atoms with E-state index in [2.05, 4.69) is 118 Å². The van der Waals surface area contributed by atoms with Gasteiger partial charge in [0, 0.05) is 75.8 Å². The average Bonchev–Trinajstić information content (AvgIpc) is 2.81. The van der Waals surface area contributed by atoms with E-state index in [4.69, 9.17) is 0 Å². The van der Waals surface area contributed by atoms with Gasteiger partial charge in [-0.3, -0.25) is 9.80 Å². The third kappa shape index (κ3) is 5.40. The summed E-state index contributed by atoms with van der Waals surface area (Å²) in [5.41, 5.74) is 5.99. The van der Waals surface area contributed by atoms with Crippen molar-refractivity contribution in [1.82, 2.24) is 9.80 Å². The standard InChI is InChI=1S/C28H35BrN4O/c1-30(2)25-12-7-5-10-21(25)19-32-16-9-17-33(20-22-11-6-8-13-26(22)31(3)4)28(32)24-18-23(29)14-15-27(24)34/h5-8,10-15,18,28,34H,9,16-17,19-20H2,1-4H3. The van der Waals surface area contributed by atoms with Crippen molar-refractivity contribution in [3.05, 3.63) is 87.9 Å². The van der Waals surface area contributed by atoms with Crippen LogP contribution in [0.2, 0.25) is 0 Å². The maximum absolute atomic E-state index is 10.9. The molecule has 1 fully saturated rings. The molecule has 1 aliphatic rings. The second kappa shape index (κ2) is 10.8. The molecule has 4 rings (SSSR count). The van der Waals surface area contributed by atoms with Crippen LogP contribution in [-0.2, 0) is 13.1 Å².